The second kappa shape index (κ2) is 5.73. The number of hydrogen-bond acceptors (Lipinski definition) is 2. The van der Waals surface area contributed by atoms with E-state index >= 15 is 0 Å². The van der Waals surface area contributed by atoms with Gasteiger partial charge in [-0.3, -0.25) is 4.79 Å². The van der Waals surface area contributed by atoms with Gasteiger partial charge in [0.2, 0.25) is 0 Å². The van der Waals surface area contributed by atoms with Gasteiger partial charge in [-0.25, -0.2) is 0 Å². The Morgan fingerprint density at radius 1 is 1.28 bits per heavy atom. The van der Waals surface area contributed by atoms with Crippen molar-refractivity contribution in [3.8, 4) is 0 Å². The van der Waals surface area contributed by atoms with Crippen LogP contribution in [0.2, 0.25) is 0 Å². The highest BCUT2D eigenvalue weighted by atomic mass is 16.1. The smallest absolute Gasteiger partial charge is 0.137 e. The number of rotatable bonds is 5. The van der Waals surface area contributed by atoms with E-state index in [-0.39, 0.29) is 0 Å². The highest BCUT2D eigenvalue weighted by molar-refractivity contribution is 5.82. The highest BCUT2D eigenvalue weighted by Crippen LogP contribution is 2.38. The van der Waals surface area contributed by atoms with E-state index in [1.54, 1.807) is 0 Å². The maximum atomic E-state index is 12.0. The molecule has 0 saturated heterocycles. The first-order valence-electron chi connectivity index (χ1n) is 7.68. The van der Waals surface area contributed by atoms with Gasteiger partial charge >= 0.3 is 0 Å². The van der Waals surface area contributed by atoms with Crippen LogP contribution in [0.1, 0.15) is 46.5 Å². The minimum absolute atomic E-state index is 0.310. The molecule has 2 rings (SSSR count). The summed E-state index contributed by atoms with van der Waals surface area (Å²) in [7, 11) is 2.19. The molecule has 2 saturated carbocycles. The third-order valence-electron chi connectivity index (χ3n) is 5.10. The summed E-state index contributed by atoms with van der Waals surface area (Å²) in [6.07, 6.45) is 4.45. The van der Waals surface area contributed by atoms with Crippen LogP contribution in [0.3, 0.4) is 0 Å². The largest absolute Gasteiger partial charge is 0.305 e. The molecule has 2 nitrogen and oxygen atoms in total. The van der Waals surface area contributed by atoms with Crippen molar-refractivity contribution in [2.45, 2.75) is 46.5 Å². The molecule has 18 heavy (non-hydrogen) atoms. The molecule has 2 aliphatic rings. The summed E-state index contributed by atoms with van der Waals surface area (Å²) in [4.78, 5) is 14.4. The quantitative estimate of drug-likeness (QED) is 0.748. The van der Waals surface area contributed by atoms with E-state index in [4.69, 9.17) is 0 Å². The Morgan fingerprint density at radius 2 is 1.94 bits per heavy atom. The maximum absolute atomic E-state index is 12.0. The molecule has 0 radical (unpaired) electrons. The van der Waals surface area contributed by atoms with Gasteiger partial charge in [-0.15, -0.1) is 0 Å². The number of carbonyl (C=O) groups excluding carboxylic acids is 1. The van der Waals surface area contributed by atoms with Crippen molar-refractivity contribution in [2.75, 3.05) is 20.1 Å². The van der Waals surface area contributed by atoms with Gasteiger partial charge in [-0.2, -0.15) is 0 Å². The molecule has 2 heteroatoms. The third kappa shape index (κ3) is 3.57. The summed E-state index contributed by atoms with van der Waals surface area (Å²) in [6, 6.07) is 0. The summed E-state index contributed by atoms with van der Waals surface area (Å²) in [5.41, 5.74) is 0. The number of Topliss-reactive ketones (excluding diaryl/α,β-unsaturated/α-hetero) is 1. The van der Waals surface area contributed by atoms with Crippen LogP contribution >= 0.6 is 0 Å². The van der Waals surface area contributed by atoms with Gasteiger partial charge < -0.3 is 4.90 Å². The molecule has 4 atom stereocenters. The topological polar surface area (TPSA) is 20.3 Å². The zero-order valence-electron chi connectivity index (χ0n) is 12.5. The Balaban J connectivity index is 1.80. The SMILES string of the molecule is CC(C)C1CCC(=O)C(CN(C)CC2CC2C)C1. The van der Waals surface area contributed by atoms with Crippen molar-refractivity contribution >= 4 is 5.78 Å². The molecule has 0 aromatic heterocycles. The lowest BCUT2D eigenvalue weighted by Crippen LogP contribution is -2.36. The molecule has 0 aliphatic heterocycles. The lowest BCUT2D eigenvalue weighted by molar-refractivity contribution is -0.126. The molecular formula is C16H29NO. The van der Waals surface area contributed by atoms with Crippen molar-refractivity contribution in [1.29, 1.82) is 0 Å². The van der Waals surface area contributed by atoms with Crippen LogP contribution in [0.4, 0.5) is 0 Å². The molecule has 0 N–H and O–H groups in total. The van der Waals surface area contributed by atoms with Crippen LogP contribution in [-0.4, -0.2) is 30.8 Å². The molecular weight excluding hydrogens is 222 g/mol. The molecule has 0 amide bonds. The normalized spacial score (nSPS) is 36.4. The monoisotopic (exact) mass is 251 g/mol. The maximum Gasteiger partial charge on any atom is 0.137 e. The van der Waals surface area contributed by atoms with Crippen molar-refractivity contribution < 1.29 is 4.79 Å². The predicted molar refractivity (Wildman–Crippen MR) is 75.4 cm³/mol. The number of ketones is 1. The first-order chi connectivity index (χ1) is 8.47. The van der Waals surface area contributed by atoms with E-state index in [1.165, 1.54) is 13.0 Å². The minimum atomic E-state index is 0.310. The first kappa shape index (κ1) is 14.0. The lowest BCUT2D eigenvalue weighted by atomic mass is 9.75. The zero-order valence-corrected chi connectivity index (χ0v) is 12.5. The second-order valence-electron chi connectivity index (χ2n) is 7.14. The Kier molecular flexibility index (Phi) is 4.47. The molecule has 104 valence electrons. The number of nitrogens with zero attached hydrogens (tertiary/aromatic N) is 1. The minimum Gasteiger partial charge on any atom is -0.305 e. The first-order valence-corrected chi connectivity index (χ1v) is 7.68. The molecule has 0 spiro atoms. The van der Waals surface area contributed by atoms with Crippen molar-refractivity contribution in [3.63, 3.8) is 0 Å². The molecule has 0 bridgehead atoms. The molecule has 4 unspecified atom stereocenters. The van der Waals surface area contributed by atoms with E-state index in [2.05, 4.69) is 32.7 Å². The van der Waals surface area contributed by atoms with E-state index in [1.807, 2.05) is 0 Å². The summed E-state index contributed by atoms with van der Waals surface area (Å²) in [5.74, 6) is 4.13. The van der Waals surface area contributed by atoms with E-state index in [0.717, 1.165) is 49.5 Å². The van der Waals surface area contributed by atoms with Gasteiger partial charge in [0.05, 0.1) is 0 Å². The van der Waals surface area contributed by atoms with E-state index in [0.29, 0.717) is 11.7 Å². The summed E-state index contributed by atoms with van der Waals surface area (Å²) in [5, 5.41) is 0. The van der Waals surface area contributed by atoms with Crippen LogP contribution in [-0.2, 0) is 4.79 Å². The van der Waals surface area contributed by atoms with Gasteiger partial charge in [0.1, 0.15) is 5.78 Å². The summed E-state index contributed by atoms with van der Waals surface area (Å²) >= 11 is 0. The van der Waals surface area contributed by atoms with Gasteiger partial charge in [0.25, 0.3) is 0 Å². The van der Waals surface area contributed by atoms with Crippen LogP contribution in [0, 0.1) is 29.6 Å². The Bertz CT molecular complexity index is 299. The molecule has 0 heterocycles. The third-order valence-corrected chi connectivity index (χ3v) is 5.10. The van der Waals surface area contributed by atoms with Crippen LogP contribution in [0.15, 0.2) is 0 Å². The van der Waals surface area contributed by atoms with Gasteiger partial charge in [0, 0.05) is 25.4 Å². The van der Waals surface area contributed by atoms with E-state index in [9.17, 15) is 4.79 Å². The highest BCUT2D eigenvalue weighted by Gasteiger charge is 2.35. The summed E-state index contributed by atoms with van der Waals surface area (Å²) < 4.78 is 0. The summed E-state index contributed by atoms with van der Waals surface area (Å²) in [6.45, 7) is 9.11. The average Bonchev–Trinajstić information content (AvgIpc) is 2.97. The fourth-order valence-corrected chi connectivity index (χ4v) is 3.43. The second-order valence-corrected chi connectivity index (χ2v) is 7.14. The average molecular weight is 251 g/mol. The number of carbonyl (C=O) groups is 1. The predicted octanol–water partition coefficient (Wildman–Crippen LogP) is 3.22. The fraction of sp³-hybridized carbons (Fsp3) is 0.938. The van der Waals surface area contributed by atoms with Crippen LogP contribution in [0.25, 0.3) is 0 Å². The Labute approximate surface area is 112 Å². The lowest BCUT2D eigenvalue weighted by Gasteiger charge is -2.33. The molecule has 2 fully saturated rings. The van der Waals surface area contributed by atoms with Crippen molar-refractivity contribution in [1.82, 2.24) is 4.90 Å². The number of hydrogen-bond donors (Lipinski definition) is 0. The van der Waals surface area contributed by atoms with E-state index < -0.39 is 0 Å². The Hall–Kier alpha value is -0.370. The van der Waals surface area contributed by atoms with Crippen LogP contribution < -0.4 is 0 Å². The Morgan fingerprint density at radius 3 is 2.50 bits per heavy atom. The van der Waals surface area contributed by atoms with Crippen molar-refractivity contribution in [2.24, 2.45) is 29.6 Å². The van der Waals surface area contributed by atoms with Crippen LogP contribution in [0.5, 0.6) is 0 Å². The molecule has 0 aromatic rings. The van der Waals surface area contributed by atoms with Gasteiger partial charge in [0.15, 0.2) is 0 Å². The van der Waals surface area contributed by atoms with Crippen molar-refractivity contribution in [3.05, 3.63) is 0 Å². The standard InChI is InChI=1S/C16H29NO/c1-11(2)13-5-6-16(18)15(8-13)10-17(4)9-14-7-12(14)3/h11-15H,5-10H2,1-4H3. The van der Waals surface area contributed by atoms with Gasteiger partial charge in [-0.1, -0.05) is 20.8 Å². The zero-order chi connectivity index (χ0) is 13.3. The molecule has 2 aliphatic carbocycles. The molecule has 0 aromatic carbocycles. The van der Waals surface area contributed by atoms with Gasteiger partial charge in [-0.05, 0) is 50.0 Å². The fourth-order valence-electron chi connectivity index (χ4n) is 3.43.